The minimum Gasteiger partial charge on any atom is -0.456 e. The Hall–Kier alpha value is -5.74. The van der Waals surface area contributed by atoms with Crippen LogP contribution in [0.25, 0.3) is 83.0 Å². The van der Waals surface area contributed by atoms with Crippen molar-refractivity contribution >= 4 is 54.6 Å². The number of rotatable bonds is 2. The van der Waals surface area contributed by atoms with Gasteiger partial charge in [0, 0.05) is 43.5 Å². The molecule has 6 aromatic carbocycles. The zero-order chi connectivity index (χ0) is 29.9. The summed E-state index contributed by atoms with van der Waals surface area (Å²) in [5.41, 5.74) is 11.8. The predicted octanol–water partition coefficient (Wildman–Crippen LogP) is 10.6. The normalized spacial score (nSPS) is 13.7. The highest BCUT2D eigenvalue weighted by Gasteiger charge is 2.41. The first-order valence-electron chi connectivity index (χ1n) is 15.4. The molecule has 1 aliphatic carbocycles. The molecule has 0 unspecified atom stereocenters. The van der Waals surface area contributed by atoms with E-state index in [-0.39, 0.29) is 5.41 Å². The monoisotopic (exact) mass is 577 g/mol. The van der Waals surface area contributed by atoms with E-state index in [4.69, 9.17) is 14.4 Å². The maximum absolute atomic E-state index is 6.61. The van der Waals surface area contributed by atoms with Crippen LogP contribution in [-0.4, -0.2) is 14.5 Å². The van der Waals surface area contributed by atoms with Crippen molar-refractivity contribution in [3.63, 3.8) is 0 Å². The van der Waals surface area contributed by atoms with Gasteiger partial charge in [-0.1, -0.05) is 111 Å². The fraction of sp³-hybridized carbons (Fsp3) is 0.0732. The number of fused-ring (bicyclic) bond motifs is 12. The average molecular weight is 578 g/mol. The van der Waals surface area contributed by atoms with Gasteiger partial charge in [-0.05, 0) is 47.0 Å². The number of para-hydroxylation sites is 3. The van der Waals surface area contributed by atoms with Crippen molar-refractivity contribution < 1.29 is 4.42 Å². The van der Waals surface area contributed by atoms with Crippen LogP contribution in [0.2, 0.25) is 0 Å². The van der Waals surface area contributed by atoms with Gasteiger partial charge in [0.1, 0.15) is 11.2 Å². The van der Waals surface area contributed by atoms with Crippen LogP contribution in [0.15, 0.2) is 132 Å². The Morgan fingerprint density at radius 3 is 2.11 bits per heavy atom. The Bertz CT molecular complexity index is 2680. The van der Waals surface area contributed by atoms with Gasteiger partial charge < -0.3 is 4.42 Å². The van der Waals surface area contributed by atoms with E-state index < -0.39 is 0 Å². The molecule has 1 aliphatic rings. The second kappa shape index (κ2) is 8.67. The topological polar surface area (TPSA) is 43.9 Å². The first-order valence-corrected chi connectivity index (χ1v) is 15.4. The number of furan rings is 1. The van der Waals surface area contributed by atoms with E-state index >= 15 is 0 Å². The molecule has 0 N–H and O–H groups in total. The Labute approximate surface area is 259 Å². The lowest BCUT2D eigenvalue weighted by Gasteiger charge is -2.22. The second-order valence-corrected chi connectivity index (χ2v) is 12.6. The van der Waals surface area contributed by atoms with E-state index in [1.54, 1.807) is 0 Å². The molecule has 45 heavy (non-hydrogen) atoms. The van der Waals surface area contributed by atoms with Crippen LogP contribution in [0.1, 0.15) is 25.0 Å². The first kappa shape index (κ1) is 24.7. The number of hydrogen-bond donors (Lipinski definition) is 0. The molecule has 4 nitrogen and oxygen atoms in total. The lowest BCUT2D eigenvalue weighted by Crippen LogP contribution is -2.16. The smallest absolute Gasteiger partial charge is 0.235 e. The maximum Gasteiger partial charge on any atom is 0.235 e. The minimum absolute atomic E-state index is 0.300. The van der Waals surface area contributed by atoms with E-state index in [0.717, 1.165) is 49.7 Å². The van der Waals surface area contributed by atoms with Crippen molar-refractivity contribution in [3.05, 3.63) is 139 Å². The third kappa shape index (κ3) is 3.21. The lowest BCUT2D eigenvalue weighted by atomic mass is 9.80. The molecule has 3 aromatic heterocycles. The zero-order valence-electron chi connectivity index (χ0n) is 24.9. The molecule has 0 fully saturated rings. The van der Waals surface area contributed by atoms with Gasteiger partial charge in [-0.15, -0.1) is 0 Å². The summed E-state index contributed by atoms with van der Waals surface area (Å²) < 4.78 is 8.86. The van der Waals surface area contributed by atoms with Gasteiger partial charge in [-0.2, -0.15) is 0 Å². The molecule has 0 bridgehead atoms. The first-order chi connectivity index (χ1) is 22.1. The number of benzene rings is 6. The van der Waals surface area contributed by atoms with E-state index in [1.165, 1.54) is 38.4 Å². The van der Waals surface area contributed by atoms with Crippen molar-refractivity contribution in [2.45, 2.75) is 19.3 Å². The molecule has 0 aliphatic heterocycles. The van der Waals surface area contributed by atoms with Gasteiger partial charge in [-0.3, -0.25) is 4.57 Å². The fourth-order valence-corrected chi connectivity index (χ4v) is 7.89. The summed E-state index contributed by atoms with van der Waals surface area (Å²) in [6.45, 7) is 4.69. The molecule has 9 aromatic rings. The van der Waals surface area contributed by atoms with Gasteiger partial charge in [0.15, 0.2) is 0 Å². The standard InChI is InChI=1S/C41H27N3O/c1-41(2)36-26(27-20-21-28-25-14-8-11-19-34(25)45-39(28)37(27)41)22-23-33-35(36)30-16-7-10-18-32(30)44(33)40-42-31-17-9-6-15-29(31)38(43-40)24-12-4-3-5-13-24/h3-23H,1-2H3. The Morgan fingerprint density at radius 1 is 0.556 bits per heavy atom. The van der Waals surface area contributed by atoms with Crippen LogP contribution in [0.3, 0.4) is 0 Å². The van der Waals surface area contributed by atoms with Crippen molar-refractivity contribution in [2.75, 3.05) is 0 Å². The third-order valence-corrected chi connectivity index (χ3v) is 9.76. The molecule has 0 saturated carbocycles. The van der Waals surface area contributed by atoms with Crippen molar-refractivity contribution in [1.29, 1.82) is 0 Å². The van der Waals surface area contributed by atoms with E-state index in [9.17, 15) is 0 Å². The summed E-state index contributed by atoms with van der Waals surface area (Å²) >= 11 is 0. The van der Waals surface area contributed by atoms with Crippen LogP contribution in [-0.2, 0) is 5.41 Å². The highest BCUT2D eigenvalue weighted by molar-refractivity contribution is 6.16. The van der Waals surface area contributed by atoms with Gasteiger partial charge in [0.2, 0.25) is 5.95 Å². The predicted molar refractivity (Wildman–Crippen MR) is 184 cm³/mol. The molecule has 4 heteroatoms. The molecule has 212 valence electrons. The lowest BCUT2D eigenvalue weighted by molar-refractivity contribution is 0.622. The van der Waals surface area contributed by atoms with E-state index in [2.05, 4.69) is 128 Å². The third-order valence-electron chi connectivity index (χ3n) is 9.76. The largest absolute Gasteiger partial charge is 0.456 e. The summed E-state index contributed by atoms with van der Waals surface area (Å²) in [4.78, 5) is 10.5. The molecular weight excluding hydrogens is 550 g/mol. The van der Waals surface area contributed by atoms with Crippen molar-refractivity contribution in [2.24, 2.45) is 0 Å². The van der Waals surface area contributed by atoms with Crippen LogP contribution in [0.5, 0.6) is 0 Å². The molecule has 0 atom stereocenters. The van der Waals surface area contributed by atoms with Crippen LogP contribution >= 0.6 is 0 Å². The Kier molecular flexibility index (Phi) is 4.76. The fourth-order valence-electron chi connectivity index (χ4n) is 7.89. The van der Waals surface area contributed by atoms with E-state index in [1.807, 2.05) is 18.2 Å². The summed E-state index contributed by atoms with van der Waals surface area (Å²) in [6.07, 6.45) is 0. The number of aromatic nitrogens is 3. The molecular formula is C41H27N3O. The molecule has 0 saturated heterocycles. The zero-order valence-corrected chi connectivity index (χ0v) is 24.9. The SMILES string of the molecule is CC1(C)c2c(ccc3c2oc2ccccc23)-c2ccc3c(c21)c1ccccc1n3-c1nc(-c2ccccc2)c2ccccc2n1. The second-order valence-electron chi connectivity index (χ2n) is 12.6. The summed E-state index contributed by atoms with van der Waals surface area (Å²) in [7, 11) is 0. The maximum atomic E-state index is 6.61. The molecule has 0 spiro atoms. The summed E-state index contributed by atoms with van der Waals surface area (Å²) in [6, 6.07) is 44.8. The highest BCUT2D eigenvalue weighted by Crippen LogP contribution is 2.56. The Morgan fingerprint density at radius 2 is 1.24 bits per heavy atom. The summed E-state index contributed by atoms with van der Waals surface area (Å²) in [5.74, 6) is 0.673. The molecule has 0 amide bonds. The summed E-state index contributed by atoms with van der Waals surface area (Å²) in [5, 5.41) is 5.81. The van der Waals surface area contributed by atoms with Crippen LogP contribution in [0.4, 0.5) is 0 Å². The van der Waals surface area contributed by atoms with E-state index in [0.29, 0.717) is 5.95 Å². The van der Waals surface area contributed by atoms with Gasteiger partial charge in [-0.25, -0.2) is 9.97 Å². The van der Waals surface area contributed by atoms with Crippen molar-refractivity contribution in [3.8, 4) is 28.3 Å². The van der Waals surface area contributed by atoms with Crippen molar-refractivity contribution in [1.82, 2.24) is 14.5 Å². The Balaban J connectivity index is 1.30. The molecule has 0 radical (unpaired) electrons. The van der Waals surface area contributed by atoms with Gasteiger partial charge >= 0.3 is 0 Å². The highest BCUT2D eigenvalue weighted by atomic mass is 16.3. The quantitative estimate of drug-likeness (QED) is 0.205. The van der Waals surface area contributed by atoms with Gasteiger partial charge in [0.25, 0.3) is 0 Å². The van der Waals surface area contributed by atoms with Crippen LogP contribution < -0.4 is 0 Å². The molecule has 3 heterocycles. The molecule has 10 rings (SSSR count). The average Bonchev–Trinajstić information content (AvgIpc) is 3.70. The van der Waals surface area contributed by atoms with Gasteiger partial charge in [0.05, 0.1) is 22.2 Å². The minimum atomic E-state index is -0.300. The number of hydrogen-bond acceptors (Lipinski definition) is 3. The van der Waals surface area contributed by atoms with Crippen LogP contribution in [0, 0.1) is 0 Å². The number of nitrogens with zero attached hydrogens (tertiary/aromatic N) is 3.